The average molecular weight is 1070 g/mol. The van der Waals surface area contributed by atoms with Gasteiger partial charge in [0.1, 0.15) is 23.0 Å². The molecule has 0 saturated carbocycles. The van der Waals surface area contributed by atoms with Crippen LogP contribution in [-0.4, -0.2) is 46.2 Å². The molecule has 15 heteroatoms. The van der Waals surface area contributed by atoms with Crippen LogP contribution in [0.2, 0.25) is 0 Å². The van der Waals surface area contributed by atoms with Gasteiger partial charge in [-0.05, 0) is 150 Å². The third-order valence-corrected chi connectivity index (χ3v) is 12.9. The number of fused-ring (bicyclic) bond motifs is 1. The van der Waals surface area contributed by atoms with Crippen LogP contribution in [0.1, 0.15) is 59.0 Å². The summed E-state index contributed by atoms with van der Waals surface area (Å²) in [4.78, 5) is 16.0. The summed E-state index contributed by atoms with van der Waals surface area (Å²) < 4.78 is 35.8. The van der Waals surface area contributed by atoms with Crippen LogP contribution in [-0.2, 0) is 60.1 Å². The summed E-state index contributed by atoms with van der Waals surface area (Å²) in [6.45, 7) is 4.40. The number of para-hydroxylation sites is 2. The number of sulfonamides is 1. The maximum atomic E-state index is 11.6. The molecule has 5 N–H and O–H groups in total. The normalized spacial score (nSPS) is 10.8. The first-order valence-corrected chi connectivity index (χ1v) is 28.2. The molecule has 2 aromatic heterocycles. The minimum atomic E-state index is -3.51. The molecule has 10 aromatic rings. The lowest BCUT2D eigenvalue weighted by Crippen LogP contribution is -2.29. The van der Waals surface area contributed by atoms with E-state index in [2.05, 4.69) is 133 Å². The highest BCUT2D eigenvalue weighted by molar-refractivity contribution is 7.89. The minimum Gasteiger partial charge on any atom is -0.457 e. The van der Waals surface area contributed by atoms with Crippen LogP contribution < -0.4 is 30.1 Å². The Balaban J connectivity index is 0.000000158. The number of nitrogens with zero attached hydrogens (tertiary/aromatic N) is 4. The molecule has 2 heterocycles. The fourth-order valence-electron chi connectivity index (χ4n) is 8.33. The van der Waals surface area contributed by atoms with Crippen LogP contribution in [0.15, 0.2) is 219 Å². The lowest BCUT2D eigenvalue weighted by Gasteiger charge is -2.10. The summed E-state index contributed by atoms with van der Waals surface area (Å²) in [7, 11) is -3.51. The zero-order chi connectivity index (χ0) is 54.9. The highest BCUT2D eigenvalue weighted by Gasteiger charge is 2.09. The van der Waals surface area contributed by atoms with Crippen molar-refractivity contribution in [3.63, 3.8) is 0 Å². The summed E-state index contributed by atoms with van der Waals surface area (Å²) in [5, 5.41) is 25.5. The van der Waals surface area contributed by atoms with Gasteiger partial charge in [0.25, 0.3) is 0 Å². The molecule has 0 atom stereocenters. The molecular formula is C64H65N9O5S. The number of nitrogens with one attached hydrogen (secondary N) is 5. The molecule has 0 spiro atoms. The third-order valence-electron chi connectivity index (χ3n) is 12.3. The van der Waals surface area contributed by atoms with E-state index in [1.165, 1.54) is 28.5 Å². The number of aromatic amines is 1. The van der Waals surface area contributed by atoms with E-state index in [-0.39, 0.29) is 6.42 Å². The number of tetrazole rings is 1. The fraction of sp³-hybridized carbons (Fsp3) is 0.172. The Kier molecular flexibility index (Phi) is 20.7. The molecule has 402 valence electrons. The molecule has 0 aliphatic heterocycles. The summed E-state index contributed by atoms with van der Waals surface area (Å²) in [5.41, 5.74) is 11.4. The van der Waals surface area contributed by atoms with Crippen molar-refractivity contribution in [2.24, 2.45) is 0 Å². The number of rotatable bonds is 22. The predicted octanol–water partition coefficient (Wildman–Crippen LogP) is 13.3. The molecule has 0 radical (unpaired) electrons. The number of ether oxygens (including phenoxy) is 2. The van der Waals surface area contributed by atoms with Gasteiger partial charge >= 0.3 is 0 Å². The van der Waals surface area contributed by atoms with Crippen LogP contribution in [0.3, 0.4) is 0 Å². The van der Waals surface area contributed by atoms with Crippen molar-refractivity contribution >= 4 is 43.9 Å². The number of aromatic nitrogens is 5. The number of hydrogen-bond donors (Lipinski definition) is 5. The molecular weight excluding hydrogens is 1010 g/mol. The standard InChI is InChI=1S/C23H24N2O4S.C22H21N5O.C19H20N2/c1-30(27,28)25-23(26)15-12-18-10-13-20(14-11-18)24-17-19-6-5-9-22(16-19)29-21-7-3-2-4-8-21;1-2-6-20(7-3-1)28-21-8-4-5-18(15-21)16-23-19-12-9-17(10-13-19)11-14-22-24-26-27-25-22;1-2-5-15-9-11-17(12-10-15)21-14-16-6-3-8-19-18(16)7-4-13-20-19/h2-11,13-14,16,24H,12,15,17H2,1H3,(H,25,26);1-10,12-13,15,23H,11,14,16H2,(H,24,25,26,27);3-4,6-13,21H,2,5,14H2,1H3. The van der Waals surface area contributed by atoms with Crippen molar-refractivity contribution in [2.75, 3.05) is 22.2 Å². The quantitative estimate of drug-likeness (QED) is 0.0433. The molecule has 0 bridgehead atoms. The molecule has 0 aliphatic carbocycles. The molecule has 0 aliphatic rings. The van der Waals surface area contributed by atoms with Gasteiger partial charge < -0.3 is 25.4 Å². The third kappa shape index (κ3) is 19.3. The number of hydrogen-bond acceptors (Lipinski definition) is 12. The smallest absolute Gasteiger partial charge is 0.233 e. The first-order chi connectivity index (χ1) is 38.6. The molecule has 79 heavy (non-hydrogen) atoms. The SMILES string of the molecule is CCCc1ccc(NCc2cccc3ncccc23)cc1.CS(=O)(=O)NC(=O)CCc1ccc(NCc2cccc(Oc3ccccc3)c2)cc1.c1ccc(Oc2cccc(CNc3ccc(CCc4nn[nH]n4)cc3)c2)cc1. The van der Waals surface area contributed by atoms with Crippen LogP contribution in [0.5, 0.6) is 23.0 Å². The Labute approximate surface area is 462 Å². The summed E-state index contributed by atoms with van der Waals surface area (Å²) in [6, 6.07) is 70.7. The lowest BCUT2D eigenvalue weighted by atomic mass is 10.1. The number of anilines is 3. The highest BCUT2D eigenvalue weighted by atomic mass is 32.2. The molecule has 1 amide bonds. The van der Waals surface area contributed by atoms with Gasteiger partial charge in [0.05, 0.1) is 11.8 Å². The van der Waals surface area contributed by atoms with E-state index in [1.807, 2.05) is 138 Å². The van der Waals surface area contributed by atoms with E-state index in [0.717, 1.165) is 107 Å². The number of pyridine rings is 1. The lowest BCUT2D eigenvalue weighted by molar-refractivity contribution is -0.119. The van der Waals surface area contributed by atoms with Crippen molar-refractivity contribution in [3.8, 4) is 23.0 Å². The summed E-state index contributed by atoms with van der Waals surface area (Å²) in [6.07, 6.45) is 7.40. The second kappa shape index (κ2) is 29.3. The molecule has 0 fully saturated rings. The second-order valence-corrected chi connectivity index (χ2v) is 20.4. The maximum absolute atomic E-state index is 11.6. The number of H-pyrrole nitrogens is 1. The van der Waals surface area contributed by atoms with Crippen LogP contribution >= 0.6 is 0 Å². The first kappa shape index (κ1) is 55.9. The number of carbonyl (C=O) groups is 1. The topological polar surface area (TPSA) is 185 Å². The van der Waals surface area contributed by atoms with Gasteiger partial charge in [-0.2, -0.15) is 5.21 Å². The minimum absolute atomic E-state index is 0.119. The van der Waals surface area contributed by atoms with Gasteiger partial charge in [-0.15, -0.1) is 10.2 Å². The van der Waals surface area contributed by atoms with E-state index < -0.39 is 15.9 Å². The van der Waals surface area contributed by atoms with Crippen molar-refractivity contribution in [3.05, 3.63) is 258 Å². The Morgan fingerprint density at radius 1 is 0.506 bits per heavy atom. The Morgan fingerprint density at radius 3 is 1.53 bits per heavy atom. The number of amides is 1. The van der Waals surface area contributed by atoms with E-state index in [4.69, 9.17) is 9.47 Å². The molecule has 8 aromatic carbocycles. The van der Waals surface area contributed by atoms with Crippen molar-refractivity contribution in [1.29, 1.82) is 0 Å². The summed E-state index contributed by atoms with van der Waals surface area (Å²) >= 11 is 0. The van der Waals surface area contributed by atoms with Gasteiger partial charge in [-0.1, -0.05) is 134 Å². The van der Waals surface area contributed by atoms with Crippen molar-refractivity contribution in [1.82, 2.24) is 30.3 Å². The van der Waals surface area contributed by atoms with Crippen molar-refractivity contribution in [2.45, 2.75) is 65.1 Å². The molecule has 0 saturated heterocycles. The zero-order valence-electron chi connectivity index (χ0n) is 44.4. The van der Waals surface area contributed by atoms with E-state index in [0.29, 0.717) is 13.0 Å². The van der Waals surface area contributed by atoms with Crippen LogP contribution in [0, 0.1) is 0 Å². The van der Waals surface area contributed by atoms with E-state index >= 15 is 0 Å². The van der Waals surface area contributed by atoms with E-state index in [1.54, 1.807) is 0 Å². The highest BCUT2D eigenvalue weighted by Crippen LogP contribution is 2.25. The monoisotopic (exact) mass is 1070 g/mol. The predicted molar refractivity (Wildman–Crippen MR) is 316 cm³/mol. The summed E-state index contributed by atoms with van der Waals surface area (Å²) in [5.74, 6) is 3.48. The number of aryl methyl sites for hydroxylation is 4. The van der Waals surface area contributed by atoms with Gasteiger partial charge in [-0.25, -0.2) is 8.42 Å². The zero-order valence-corrected chi connectivity index (χ0v) is 45.2. The number of benzene rings is 8. The van der Waals surface area contributed by atoms with Crippen molar-refractivity contribution < 1.29 is 22.7 Å². The number of carbonyl (C=O) groups excluding carboxylic acids is 1. The van der Waals surface area contributed by atoms with Crippen LogP contribution in [0.4, 0.5) is 17.1 Å². The van der Waals surface area contributed by atoms with Gasteiger partial charge in [0, 0.05) is 61.1 Å². The molecule has 14 nitrogen and oxygen atoms in total. The van der Waals surface area contributed by atoms with Gasteiger partial charge in [-0.3, -0.25) is 14.5 Å². The van der Waals surface area contributed by atoms with Gasteiger partial charge in [0.15, 0.2) is 5.82 Å². The Hall–Kier alpha value is -9.34. The van der Waals surface area contributed by atoms with Gasteiger partial charge in [0.2, 0.25) is 15.9 Å². The Bertz CT molecular complexity index is 3530. The molecule has 0 unspecified atom stereocenters. The Morgan fingerprint density at radius 2 is 1.01 bits per heavy atom. The second-order valence-electron chi connectivity index (χ2n) is 18.6. The van der Waals surface area contributed by atoms with Crippen LogP contribution in [0.25, 0.3) is 10.9 Å². The molecule has 10 rings (SSSR count). The average Bonchev–Trinajstić information content (AvgIpc) is 4.02. The van der Waals surface area contributed by atoms with E-state index in [9.17, 15) is 13.2 Å². The fourth-order valence-corrected chi connectivity index (χ4v) is 8.85. The maximum Gasteiger partial charge on any atom is 0.233 e. The largest absolute Gasteiger partial charge is 0.457 e. The first-order valence-electron chi connectivity index (χ1n) is 26.3.